The van der Waals surface area contributed by atoms with Crippen molar-refractivity contribution in [1.82, 2.24) is 0 Å². The largest absolute Gasteiger partial charge is 0.496 e. The Labute approximate surface area is 256 Å². The van der Waals surface area contributed by atoms with E-state index in [9.17, 15) is 19.2 Å². The third-order valence-corrected chi connectivity index (χ3v) is 9.57. The van der Waals surface area contributed by atoms with E-state index in [0.717, 1.165) is 27.0 Å². The van der Waals surface area contributed by atoms with Gasteiger partial charge < -0.3 is 19.3 Å². The number of aryl methyl sites for hydroxylation is 1. The number of thiophene rings is 2. The number of halogens is 1. The molecule has 0 spiro atoms. The second-order valence-corrected chi connectivity index (χ2v) is 12.7. The Hall–Kier alpha value is -3.83. The fraction of sp³-hybridized carbons (Fsp3) is 0.375. The molecule has 0 saturated carbocycles. The van der Waals surface area contributed by atoms with E-state index in [1.54, 1.807) is 26.2 Å². The molecule has 2 atom stereocenters. The van der Waals surface area contributed by atoms with Gasteiger partial charge in [-0.25, -0.2) is 4.39 Å². The molecule has 0 saturated heterocycles. The number of benzene rings is 2. The van der Waals surface area contributed by atoms with E-state index in [0.29, 0.717) is 33.0 Å². The molecular formula is C32H33FO8S2. The molecular weight excluding hydrogens is 595 g/mol. The van der Waals surface area contributed by atoms with Gasteiger partial charge in [-0.1, -0.05) is 13.8 Å². The summed E-state index contributed by atoms with van der Waals surface area (Å²) in [6, 6.07) is 8.71. The summed E-state index contributed by atoms with van der Waals surface area (Å²) in [5.74, 6) is -2.48. The molecule has 0 bridgehead atoms. The second kappa shape index (κ2) is 13.6. The molecule has 8 nitrogen and oxygen atoms in total. The Morgan fingerprint density at radius 3 is 2.09 bits per heavy atom. The Morgan fingerprint density at radius 2 is 1.47 bits per heavy atom. The van der Waals surface area contributed by atoms with E-state index >= 15 is 4.39 Å². The topological polar surface area (TPSA) is 116 Å². The van der Waals surface area contributed by atoms with Gasteiger partial charge in [0.1, 0.15) is 11.5 Å². The molecule has 4 aromatic rings. The molecule has 2 aromatic heterocycles. The van der Waals surface area contributed by atoms with Gasteiger partial charge in [-0.3, -0.25) is 19.2 Å². The van der Waals surface area contributed by atoms with Gasteiger partial charge in [0.15, 0.2) is 28.9 Å². The first-order valence-electron chi connectivity index (χ1n) is 13.8. The van der Waals surface area contributed by atoms with Crippen molar-refractivity contribution in [2.75, 3.05) is 20.8 Å². The lowest BCUT2D eigenvalue weighted by atomic mass is 10.00. The van der Waals surface area contributed by atoms with E-state index in [2.05, 4.69) is 0 Å². The van der Waals surface area contributed by atoms with Crippen LogP contribution in [0.25, 0.3) is 20.2 Å². The molecule has 0 aliphatic carbocycles. The summed E-state index contributed by atoms with van der Waals surface area (Å²) in [5, 5.41) is 10.2. The van der Waals surface area contributed by atoms with Gasteiger partial charge >= 0.3 is 5.97 Å². The predicted molar refractivity (Wildman–Crippen MR) is 165 cm³/mol. The third-order valence-electron chi connectivity index (χ3n) is 7.31. The van der Waals surface area contributed by atoms with Crippen LogP contribution in [0.4, 0.5) is 4.39 Å². The van der Waals surface area contributed by atoms with Crippen molar-refractivity contribution in [2.45, 2.75) is 46.5 Å². The molecule has 43 heavy (non-hydrogen) atoms. The number of aliphatic carboxylic acids is 1. The maximum absolute atomic E-state index is 15.6. The van der Waals surface area contributed by atoms with Crippen molar-refractivity contribution < 1.29 is 42.9 Å². The molecule has 0 aliphatic heterocycles. The first-order valence-corrected chi connectivity index (χ1v) is 15.4. The number of methoxy groups -OCH3 is 2. The summed E-state index contributed by atoms with van der Waals surface area (Å²) in [4.78, 5) is 48.9. The monoisotopic (exact) mass is 628 g/mol. The number of carbonyl (C=O) groups is 4. The zero-order chi connectivity index (χ0) is 31.4. The standard InChI is InChI=1S/C32H33FO8S2/c1-16(18(3)34)9-22(35)29-13-21-27(43-29)15-25(40-5)31(30(21)33)41-8-6-7-19-11-20-12-28(23(36)10-17(2)32(37)38)42-26(20)14-24(19)39-4/h11-17H,6-10H2,1-5H3,(H,37,38)/t16-,17+/m0/s1. The fourth-order valence-corrected chi connectivity index (χ4v) is 6.64. The number of Topliss-reactive ketones (excluding diaryl/α,β-unsaturated/α-hetero) is 3. The van der Waals surface area contributed by atoms with Crippen molar-refractivity contribution >= 4 is 66.2 Å². The Bertz CT molecular complexity index is 1700. The minimum Gasteiger partial charge on any atom is -0.496 e. The SMILES string of the molecule is COc1cc2sc(C(=O)C[C@@H](C)C(=O)O)cc2cc1CCCOc1c(OC)cc2sc(C(=O)C[C@H](C)C(C)=O)cc2c1F. The van der Waals surface area contributed by atoms with Gasteiger partial charge in [0, 0.05) is 39.6 Å². The summed E-state index contributed by atoms with van der Waals surface area (Å²) < 4.78 is 33.8. The van der Waals surface area contributed by atoms with Crippen LogP contribution >= 0.6 is 22.7 Å². The highest BCUT2D eigenvalue weighted by Gasteiger charge is 2.23. The molecule has 2 aromatic carbocycles. The lowest BCUT2D eigenvalue weighted by Crippen LogP contribution is -2.13. The average molecular weight is 629 g/mol. The summed E-state index contributed by atoms with van der Waals surface area (Å²) >= 11 is 2.45. The molecule has 0 radical (unpaired) electrons. The minimum atomic E-state index is -1.01. The van der Waals surface area contributed by atoms with Gasteiger partial charge in [-0.15, -0.1) is 22.7 Å². The second-order valence-electron chi connectivity index (χ2n) is 10.5. The number of ketones is 3. The number of rotatable bonds is 15. The van der Waals surface area contributed by atoms with E-state index in [1.165, 1.54) is 38.4 Å². The number of fused-ring (bicyclic) bond motifs is 2. The first kappa shape index (κ1) is 32.1. The van der Waals surface area contributed by atoms with Gasteiger partial charge in [-0.05, 0) is 55.0 Å². The number of hydrogen-bond donors (Lipinski definition) is 1. The molecule has 0 unspecified atom stereocenters. The zero-order valence-electron chi connectivity index (χ0n) is 24.6. The van der Waals surface area contributed by atoms with Gasteiger partial charge in [-0.2, -0.15) is 0 Å². The van der Waals surface area contributed by atoms with Crippen molar-refractivity contribution in [3.63, 3.8) is 0 Å². The number of hydrogen-bond acceptors (Lipinski definition) is 9. The molecule has 0 fully saturated rings. The van der Waals surface area contributed by atoms with Crippen LogP contribution in [0.15, 0.2) is 30.3 Å². The molecule has 1 N–H and O–H groups in total. The van der Waals surface area contributed by atoms with E-state index in [-0.39, 0.29) is 53.7 Å². The van der Waals surface area contributed by atoms with Crippen LogP contribution in [0.5, 0.6) is 17.2 Å². The molecule has 0 amide bonds. The normalized spacial score (nSPS) is 12.7. The lowest BCUT2D eigenvalue weighted by Gasteiger charge is -2.13. The quantitative estimate of drug-likeness (QED) is 0.107. The number of carbonyl (C=O) groups excluding carboxylic acids is 3. The predicted octanol–water partition coefficient (Wildman–Crippen LogP) is 7.38. The first-order chi connectivity index (χ1) is 20.4. The number of carboxylic acids is 1. The number of carboxylic acid groups (broad SMARTS) is 1. The van der Waals surface area contributed by atoms with Crippen molar-refractivity contribution in [3.05, 3.63) is 51.5 Å². The lowest BCUT2D eigenvalue weighted by molar-refractivity contribution is -0.141. The maximum atomic E-state index is 15.6. The van der Waals surface area contributed by atoms with Crippen molar-refractivity contribution in [1.29, 1.82) is 0 Å². The smallest absolute Gasteiger partial charge is 0.306 e. The van der Waals surface area contributed by atoms with Crippen molar-refractivity contribution in [2.24, 2.45) is 11.8 Å². The Balaban J connectivity index is 1.47. The molecule has 4 rings (SSSR count). The fourth-order valence-electron chi connectivity index (χ4n) is 4.59. The summed E-state index contributed by atoms with van der Waals surface area (Å²) in [6.45, 7) is 4.82. The van der Waals surface area contributed by atoms with E-state index in [4.69, 9.17) is 19.3 Å². The summed E-state index contributed by atoms with van der Waals surface area (Å²) in [6.07, 6.45) is 1.06. The van der Waals surface area contributed by atoms with E-state index < -0.39 is 23.6 Å². The van der Waals surface area contributed by atoms with Crippen LogP contribution in [0.2, 0.25) is 0 Å². The highest BCUT2D eigenvalue weighted by molar-refractivity contribution is 7.21. The van der Waals surface area contributed by atoms with Gasteiger partial charge in [0.25, 0.3) is 0 Å². The molecule has 2 heterocycles. The third kappa shape index (κ3) is 7.22. The van der Waals surface area contributed by atoms with Crippen molar-refractivity contribution in [3.8, 4) is 17.2 Å². The minimum absolute atomic E-state index is 0.0390. The van der Waals surface area contributed by atoms with Crippen LogP contribution in [0, 0.1) is 17.7 Å². The van der Waals surface area contributed by atoms with Crippen LogP contribution in [0.3, 0.4) is 0 Å². The average Bonchev–Trinajstić information content (AvgIpc) is 3.59. The van der Waals surface area contributed by atoms with E-state index in [1.807, 2.05) is 12.1 Å². The summed E-state index contributed by atoms with van der Waals surface area (Å²) in [7, 11) is 2.98. The number of ether oxygens (including phenoxy) is 3. The van der Waals surface area contributed by atoms with Crippen LogP contribution in [0.1, 0.15) is 64.9 Å². The highest BCUT2D eigenvalue weighted by Crippen LogP contribution is 2.41. The Morgan fingerprint density at radius 1 is 0.860 bits per heavy atom. The van der Waals surface area contributed by atoms with Crippen LogP contribution in [-0.4, -0.2) is 49.3 Å². The maximum Gasteiger partial charge on any atom is 0.306 e. The summed E-state index contributed by atoms with van der Waals surface area (Å²) in [5.41, 5.74) is 0.887. The molecule has 11 heteroatoms. The van der Waals surface area contributed by atoms with Crippen LogP contribution in [-0.2, 0) is 16.0 Å². The highest BCUT2D eigenvalue weighted by atomic mass is 32.1. The Kier molecular flexibility index (Phi) is 10.2. The van der Waals surface area contributed by atoms with Gasteiger partial charge in [0.05, 0.1) is 36.5 Å². The molecule has 0 aliphatic rings. The zero-order valence-corrected chi connectivity index (χ0v) is 26.2. The van der Waals surface area contributed by atoms with Crippen LogP contribution < -0.4 is 14.2 Å². The van der Waals surface area contributed by atoms with Gasteiger partial charge in [0.2, 0.25) is 0 Å². The molecule has 228 valence electrons.